The lowest BCUT2D eigenvalue weighted by molar-refractivity contribution is -0.121. The second-order valence-electron chi connectivity index (χ2n) is 7.16. The highest BCUT2D eigenvalue weighted by atomic mass is 19.1. The van der Waals surface area contributed by atoms with Crippen molar-refractivity contribution in [2.75, 3.05) is 0 Å². The van der Waals surface area contributed by atoms with Crippen molar-refractivity contribution in [2.45, 2.75) is 32.9 Å². The lowest BCUT2D eigenvalue weighted by atomic mass is 10.1. The van der Waals surface area contributed by atoms with Gasteiger partial charge >= 0.3 is 0 Å². The van der Waals surface area contributed by atoms with Crippen molar-refractivity contribution in [3.05, 3.63) is 88.1 Å². The zero-order valence-corrected chi connectivity index (χ0v) is 16.2. The number of hydrogen-bond acceptors (Lipinski definition) is 2. The Labute approximate surface area is 167 Å². The molecule has 0 saturated heterocycles. The van der Waals surface area contributed by atoms with Crippen LogP contribution in [0, 0.1) is 12.7 Å². The summed E-state index contributed by atoms with van der Waals surface area (Å²) in [6.07, 6.45) is 2.57. The number of carbonyl (C=O) groups is 1. The molecule has 0 aliphatic carbocycles. The summed E-state index contributed by atoms with van der Waals surface area (Å²) in [7, 11) is 0. The third-order valence-electron chi connectivity index (χ3n) is 5.22. The Kier molecular flexibility index (Phi) is 5.16. The van der Waals surface area contributed by atoms with Crippen molar-refractivity contribution in [3.63, 3.8) is 0 Å². The predicted octanol–water partition coefficient (Wildman–Crippen LogP) is 3.80. The van der Waals surface area contributed by atoms with E-state index in [1.807, 2.05) is 31.2 Å². The second kappa shape index (κ2) is 7.91. The molecule has 1 N–H and O–H groups in total. The SMILES string of the molecule is Cc1ccccc1CNC(=O)CCCn1c(=O)c2cccn2c2ccc(F)cc21. The standard InChI is InChI=1S/C23H22FN3O2/c1-16-6-2-3-7-17(16)15-25-22(28)9-5-13-27-21-14-18(24)10-11-19(21)26-12-4-8-20(26)23(27)29/h2-4,6-8,10-12,14H,5,9,13,15H2,1H3,(H,25,28). The van der Waals surface area contributed by atoms with Crippen LogP contribution in [0.15, 0.2) is 65.6 Å². The first kappa shape index (κ1) is 18.9. The van der Waals surface area contributed by atoms with Crippen molar-refractivity contribution in [1.29, 1.82) is 0 Å². The van der Waals surface area contributed by atoms with Crippen LogP contribution >= 0.6 is 0 Å². The van der Waals surface area contributed by atoms with Crippen LogP contribution in [-0.4, -0.2) is 14.9 Å². The molecule has 5 nitrogen and oxygen atoms in total. The summed E-state index contributed by atoms with van der Waals surface area (Å²) in [5.74, 6) is -0.464. The molecule has 0 bridgehead atoms. The van der Waals surface area contributed by atoms with Gasteiger partial charge in [0.1, 0.15) is 11.3 Å². The fourth-order valence-corrected chi connectivity index (χ4v) is 3.64. The van der Waals surface area contributed by atoms with Gasteiger partial charge in [-0.2, -0.15) is 0 Å². The van der Waals surface area contributed by atoms with E-state index in [1.165, 1.54) is 12.1 Å². The van der Waals surface area contributed by atoms with Crippen LogP contribution in [0.4, 0.5) is 4.39 Å². The van der Waals surface area contributed by atoms with E-state index < -0.39 is 5.82 Å². The quantitative estimate of drug-likeness (QED) is 0.544. The molecule has 0 fully saturated rings. The number of fused-ring (bicyclic) bond motifs is 3. The van der Waals surface area contributed by atoms with E-state index in [1.54, 1.807) is 33.4 Å². The highest BCUT2D eigenvalue weighted by molar-refractivity contribution is 5.79. The molecule has 2 heterocycles. The van der Waals surface area contributed by atoms with Crippen LogP contribution in [0.25, 0.3) is 16.6 Å². The maximum absolute atomic E-state index is 13.8. The molecule has 2 aromatic carbocycles. The van der Waals surface area contributed by atoms with Crippen molar-refractivity contribution < 1.29 is 9.18 Å². The van der Waals surface area contributed by atoms with E-state index in [2.05, 4.69) is 5.32 Å². The summed E-state index contributed by atoms with van der Waals surface area (Å²) in [5, 5.41) is 2.92. The van der Waals surface area contributed by atoms with E-state index in [0.29, 0.717) is 37.0 Å². The van der Waals surface area contributed by atoms with E-state index in [9.17, 15) is 14.0 Å². The number of halogens is 1. The highest BCUT2D eigenvalue weighted by Gasteiger charge is 2.12. The Morgan fingerprint density at radius 2 is 1.86 bits per heavy atom. The van der Waals surface area contributed by atoms with Crippen molar-refractivity contribution in [1.82, 2.24) is 14.3 Å². The van der Waals surface area contributed by atoms with Crippen LogP contribution in [0.1, 0.15) is 24.0 Å². The van der Waals surface area contributed by atoms with Gasteiger partial charge in [-0.3, -0.25) is 9.59 Å². The number of carbonyl (C=O) groups excluding carboxylic acids is 1. The normalized spacial score (nSPS) is 11.2. The van der Waals surface area contributed by atoms with Gasteiger partial charge in [0.2, 0.25) is 5.91 Å². The predicted molar refractivity (Wildman–Crippen MR) is 111 cm³/mol. The summed E-state index contributed by atoms with van der Waals surface area (Å²) < 4.78 is 17.2. The van der Waals surface area contributed by atoms with Crippen molar-refractivity contribution in [3.8, 4) is 0 Å². The average molecular weight is 391 g/mol. The number of amides is 1. The Morgan fingerprint density at radius 1 is 1.03 bits per heavy atom. The molecule has 0 saturated carbocycles. The van der Waals surface area contributed by atoms with Crippen molar-refractivity contribution >= 4 is 22.5 Å². The summed E-state index contributed by atoms with van der Waals surface area (Å²) in [5.41, 5.74) is 3.85. The lowest BCUT2D eigenvalue weighted by Crippen LogP contribution is -2.26. The van der Waals surface area contributed by atoms with Gasteiger partial charge in [-0.05, 0) is 54.8 Å². The minimum Gasteiger partial charge on any atom is -0.352 e. The van der Waals surface area contributed by atoms with Gasteiger partial charge in [0.25, 0.3) is 5.56 Å². The first-order valence-electron chi connectivity index (χ1n) is 9.65. The maximum Gasteiger partial charge on any atom is 0.275 e. The Bertz CT molecular complexity index is 1260. The van der Waals surface area contributed by atoms with Crippen LogP contribution < -0.4 is 10.9 Å². The lowest BCUT2D eigenvalue weighted by Gasteiger charge is -2.13. The summed E-state index contributed by atoms with van der Waals surface area (Å²) in [4.78, 5) is 25.1. The number of rotatable bonds is 6. The zero-order valence-electron chi connectivity index (χ0n) is 16.2. The minimum absolute atomic E-state index is 0.0689. The molecular weight excluding hydrogens is 369 g/mol. The largest absolute Gasteiger partial charge is 0.352 e. The number of nitrogens with one attached hydrogen (secondary N) is 1. The monoisotopic (exact) mass is 391 g/mol. The van der Waals surface area contributed by atoms with Crippen LogP contribution in [0.2, 0.25) is 0 Å². The van der Waals surface area contributed by atoms with Gasteiger partial charge in [0, 0.05) is 25.7 Å². The van der Waals surface area contributed by atoms with Crippen LogP contribution in [0.3, 0.4) is 0 Å². The molecular formula is C23H22FN3O2. The molecule has 0 radical (unpaired) electrons. The fourth-order valence-electron chi connectivity index (χ4n) is 3.64. The molecule has 0 spiro atoms. The Hall–Kier alpha value is -3.41. The topological polar surface area (TPSA) is 55.5 Å². The molecule has 0 aliphatic rings. The number of hydrogen-bond donors (Lipinski definition) is 1. The van der Waals surface area contributed by atoms with Gasteiger partial charge in [0.05, 0.1) is 11.0 Å². The smallest absolute Gasteiger partial charge is 0.275 e. The van der Waals surface area contributed by atoms with Gasteiger partial charge in [0.15, 0.2) is 0 Å². The number of aryl methyl sites for hydroxylation is 2. The van der Waals surface area contributed by atoms with Gasteiger partial charge in [-0.1, -0.05) is 24.3 Å². The fraction of sp³-hybridized carbons (Fsp3) is 0.217. The van der Waals surface area contributed by atoms with Gasteiger partial charge in [-0.15, -0.1) is 0 Å². The number of aromatic nitrogens is 2. The molecule has 0 aliphatic heterocycles. The molecule has 6 heteroatoms. The number of benzene rings is 2. The minimum atomic E-state index is -0.395. The molecule has 148 valence electrons. The third-order valence-corrected chi connectivity index (χ3v) is 5.22. The first-order chi connectivity index (χ1) is 14.0. The summed E-state index contributed by atoms with van der Waals surface area (Å²) in [6, 6.07) is 15.9. The molecule has 2 aromatic heterocycles. The van der Waals surface area contributed by atoms with E-state index in [0.717, 1.165) is 16.6 Å². The summed E-state index contributed by atoms with van der Waals surface area (Å²) >= 11 is 0. The van der Waals surface area contributed by atoms with Crippen molar-refractivity contribution in [2.24, 2.45) is 0 Å². The van der Waals surface area contributed by atoms with E-state index in [4.69, 9.17) is 0 Å². The third kappa shape index (κ3) is 3.78. The first-order valence-corrected chi connectivity index (χ1v) is 9.65. The summed E-state index contributed by atoms with van der Waals surface area (Å²) in [6.45, 7) is 2.84. The maximum atomic E-state index is 13.8. The van der Waals surface area contributed by atoms with Gasteiger partial charge < -0.3 is 14.3 Å². The number of nitrogens with zero attached hydrogens (tertiary/aromatic N) is 2. The van der Waals surface area contributed by atoms with E-state index >= 15 is 0 Å². The molecule has 1 amide bonds. The zero-order chi connectivity index (χ0) is 20.4. The average Bonchev–Trinajstić information content (AvgIpc) is 3.20. The van der Waals surface area contributed by atoms with Gasteiger partial charge in [-0.25, -0.2) is 4.39 Å². The highest BCUT2D eigenvalue weighted by Crippen LogP contribution is 2.17. The molecule has 0 atom stereocenters. The Morgan fingerprint density at radius 3 is 2.69 bits per heavy atom. The Balaban J connectivity index is 1.48. The molecule has 4 rings (SSSR count). The van der Waals surface area contributed by atoms with E-state index in [-0.39, 0.29) is 11.5 Å². The molecule has 29 heavy (non-hydrogen) atoms. The van der Waals surface area contributed by atoms with Crippen LogP contribution in [0.5, 0.6) is 0 Å². The van der Waals surface area contributed by atoms with Crippen LogP contribution in [-0.2, 0) is 17.9 Å². The molecule has 4 aromatic rings. The second-order valence-corrected chi connectivity index (χ2v) is 7.16. The molecule has 0 unspecified atom stereocenters.